The van der Waals surface area contributed by atoms with Crippen molar-refractivity contribution >= 4 is 26.9 Å². The summed E-state index contributed by atoms with van der Waals surface area (Å²) in [5.74, 6) is 0.580. The van der Waals surface area contributed by atoms with Crippen LogP contribution in [0.5, 0.6) is 5.75 Å². The first kappa shape index (κ1) is 18.9. The number of carbonyl (C=O) groups is 1. The lowest BCUT2D eigenvalue weighted by Crippen LogP contribution is -2.27. The zero-order valence-corrected chi connectivity index (χ0v) is 15.6. The number of nitrogens with two attached hydrogens (primary N) is 1. The van der Waals surface area contributed by atoms with E-state index in [4.69, 9.17) is 14.3 Å². The molecule has 3 aromatic rings. The van der Waals surface area contributed by atoms with Crippen LogP contribution in [-0.2, 0) is 27.7 Å². The standard InChI is InChI=1S/C19H20N2O5S/c1-25-15-4-7-17-14(12-26-18(17)11-15)10-19(22)21-9-8-13-2-5-16(6-3-13)27(20,23)24/h2-7,11-12H,8-10H2,1H3,(H,21,22)(H2,20,23,24). The highest BCUT2D eigenvalue weighted by atomic mass is 32.2. The lowest BCUT2D eigenvalue weighted by atomic mass is 10.1. The van der Waals surface area contributed by atoms with Gasteiger partial charge in [-0.2, -0.15) is 0 Å². The molecule has 8 heteroatoms. The molecule has 7 nitrogen and oxygen atoms in total. The number of nitrogens with one attached hydrogen (secondary N) is 1. The molecule has 0 fully saturated rings. The molecule has 1 heterocycles. The molecule has 2 aromatic carbocycles. The van der Waals surface area contributed by atoms with Crippen LogP contribution in [0.4, 0.5) is 0 Å². The summed E-state index contributed by atoms with van der Waals surface area (Å²) in [7, 11) is -2.11. The average molecular weight is 388 g/mol. The number of sulfonamides is 1. The summed E-state index contributed by atoms with van der Waals surface area (Å²) in [5.41, 5.74) is 2.39. The van der Waals surface area contributed by atoms with Gasteiger partial charge >= 0.3 is 0 Å². The molecule has 0 spiro atoms. The van der Waals surface area contributed by atoms with E-state index in [-0.39, 0.29) is 17.2 Å². The second-order valence-corrected chi connectivity index (χ2v) is 7.65. The Bertz CT molecular complexity index is 1060. The van der Waals surface area contributed by atoms with Gasteiger partial charge in [0.05, 0.1) is 24.7 Å². The fourth-order valence-electron chi connectivity index (χ4n) is 2.75. The van der Waals surface area contributed by atoms with Crippen molar-refractivity contribution < 1.29 is 22.4 Å². The topological polar surface area (TPSA) is 112 Å². The van der Waals surface area contributed by atoms with Crippen LogP contribution in [0.1, 0.15) is 11.1 Å². The van der Waals surface area contributed by atoms with E-state index >= 15 is 0 Å². The van der Waals surface area contributed by atoms with Gasteiger partial charge in [-0.1, -0.05) is 12.1 Å². The molecule has 1 aromatic heterocycles. The molecule has 0 aliphatic carbocycles. The number of benzene rings is 2. The van der Waals surface area contributed by atoms with E-state index in [1.54, 1.807) is 31.6 Å². The number of hydrogen-bond acceptors (Lipinski definition) is 5. The van der Waals surface area contributed by atoms with Gasteiger partial charge in [0.1, 0.15) is 11.3 Å². The first-order valence-corrected chi connectivity index (χ1v) is 9.84. The van der Waals surface area contributed by atoms with Crippen LogP contribution in [0.25, 0.3) is 11.0 Å². The number of furan rings is 1. The van der Waals surface area contributed by atoms with Gasteiger partial charge in [-0.05, 0) is 36.2 Å². The van der Waals surface area contributed by atoms with Crippen LogP contribution in [-0.4, -0.2) is 28.0 Å². The number of primary sulfonamides is 1. The van der Waals surface area contributed by atoms with E-state index in [1.165, 1.54) is 12.1 Å². The highest BCUT2D eigenvalue weighted by molar-refractivity contribution is 7.89. The molecular weight excluding hydrogens is 368 g/mol. The van der Waals surface area contributed by atoms with Crippen LogP contribution in [0.2, 0.25) is 0 Å². The normalized spacial score (nSPS) is 11.5. The molecule has 3 rings (SSSR count). The Labute approximate surface area is 157 Å². The van der Waals surface area contributed by atoms with E-state index in [2.05, 4.69) is 5.32 Å². The number of ether oxygens (including phenoxy) is 1. The summed E-state index contributed by atoms with van der Waals surface area (Å²) >= 11 is 0. The second-order valence-electron chi connectivity index (χ2n) is 6.09. The summed E-state index contributed by atoms with van der Waals surface area (Å²) in [6.07, 6.45) is 2.37. The number of carbonyl (C=O) groups excluding carboxylic acids is 1. The third-order valence-electron chi connectivity index (χ3n) is 4.20. The molecule has 0 saturated carbocycles. The van der Waals surface area contributed by atoms with Crippen molar-refractivity contribution in [3.8, 4) is 5.75 Å². The monoisotopic (exact) mass is 388 g/mol. The van der Waals surface area contributed by atoms with Crippen molar-refractivity contribution in [3.05, 3.63) is 59.9 Å². The number of hydrogen-bond donors (Lipinski definition) is 2. The summed E-state index contributed by atoms with van der Waals surface area (Å²) < 4.78 is 33.1. The van der Waals surface area contributed by atoms with Crippen molar-refractivity contribution in [2.45, 2.75) is 17.7 Å². The van der Waals surface area contributed by atoms with Crippen LogP contribution in [0.15, 0.2) is 58.0 Å². The SMILES string of the molecule is COc1ccc2c(CC(=O)NCCc3ccc(S(N)(=O)=O)cc3)coc2c1. The maximum Gasteiger partial charge on any atom is 0.238 e. The fraction of sp³-hybridized carbons (Fsp3) is 0.211. The smallest absolute Gasteiger partial charge is 0.238 e. The van der Waals surface area contributed by atoms with E-state index < -0.39 is 10.0 Å². The predicted molar refractivity (Wildman–Crippen MR) is 101 cm³/mol. The summed E-state index contributed by atoms with van der Waals surface area (Å²) in [4.78, 5) is 12.2. The van der Waals surface area contributed by atoms with E-state index in [0.29, 0.717) is 24.3 Å². The maximum atomic E-state index is 12.2. The largest absolute Gasteiger partial charge is 0.497 e. The molecule has 0 saturated heterocycles. The molecule has 0 aliphatic rings. The lowest BCUT2D eigenvalue weighted by molar-refractivity contribution is -0.120. The summed E-state index contributed by atoms with van der Waals surface area (Å²) in [6.45, 7) is 0.442. The minimum absolute atomic E-state index is 0.0683. The Morgan fingerprint density at radius 3 is 2.59 bits per heavy atom. The average Bonchev–Trinajstić information content (AvgIpc) is 3.03. The van der Waals surface area contributed by atoms with Crippen LogP contribution in [0.3, 0.4) is 0 Å². The quantitative estimate of drug-likeness (QED) is 0.643. The van der Waals surface area contributed by atoms with Crippen LogP contribution < -0.4 is 15.2 Å². The van der Waals surface area contributed by atoms with Crippen molar-refractivity contribution in [1.29, 1.82) is 0 Å². The zero-order valence-electron chi connectivity index (χ0n) is 14.8. The predicted octanol–water partition coefficient (Wildman–Crippen LogP) is 1.99. The van der Waals surface area contributed by atoms with Gasteiger partial charge in [-0.3, -0.25) is 4.79 Å². The lowest BCUT2D eigenvalue weighted by Gasteiger charge is -2.06. The van der Waals surface area contributed by atoms with Gasteiger partial charge < -0.3 is 14.5 Å². The minimum atomic E-state index is -3.69. The van der Waals surface area contributed by atoms with Gasteiger partial charge in [0.25, 0.3) is 0 Å². The Morgan fingerprint density at radius 1 is 1.19 bits per heavy atom. The fourth-order valence-corrected chi connectivity index (χ4v) is 3.27. The van der Waals surface area contributed by atoms with E-state index in [0.717, 1.165) is 16.5 Å². The number of methoxy groups -OCH3 is 1. The maximum absolute atomic E-state index is 12.2. The Kier molecular flexibility index (Phi) is 5.48. The number of amides is 1. The summed E-state index contributed by atoms with van der Waals surface area (Å²) in [6, 6.07) is 11.8. The van der Waals surface area contributed by atoms with E-state index in [1.807, 2.05) is 12.1 Å². The Balaban J connectivity index is 1.54. The number of rotatable bonds is 7. The molecule has 142 valence electrons. The molecule has 27 heavy (non-hydrogen) atoms. The molecule has 1 amide bonds. The van der Waals surface area contributed by atoms with Crippen molar-refractivity contribution in [2.24, 2.45) is 5.14 Å². The van der Waals surface area contributed by atoms with Gasteiger partial charge in [0, 0.05) is 23.6 Å². The third-order valence-corrected chi connectivity index (χ3v) is 5.13. The zero-order chi connectivity index (χ0) is 19.4. The third kappa shape index (κ3) is 4.66. The number of fused-ring (bicyclic) bond motifs is 1. The molecule has 0 atom stereocenters. The Morgan fingerprint density at radius 2 is 1.93 bits per heavy atom. The van der Waals surface area contributed by atoms with Crippen LogP contribution in [0, 0.1) is 0 Å². The molecular formula is C19H20N2O5S. The molecule has 0 bridgehead atoms. The van der Waals surface area contributed by atoms with Gasteiger partial charge in [0.15, 0.2) is 0 Å². The van der Waals surface area contributed by atoms with Crippen molar-refractivity contribution in [1.82, 2.24) is 5.32 Å². The van der Waals surface area contributed by atoms with E-state index in [9.17, 15) is 13.2 Å². The highest BCUT2D eigenvalue weighted by Crippen LogP contribution is 2.25. The summed E-state index contributed by atoms with van der Waals surface area (Å²) in [5, 5.41) is 8.80. The molecule has 3 N–H and O–H groups in total. The highest BCUT2D eigenvalue weighted by Gasteiger charge is 2.11. The van der Waals surface area contributed by atoms with Gasteiger partial charge in [0.2, 0.25) is 15.9 Å². The van der Waals surface area contributed by atoms with Gasteiger partial charge in [-0.15, -0.1) is 0 Å². The minimum Gasteiger partial charge on any atom is -0.497 e. The first-order chi connectivity index (χ1) is 12.9. The molecule has 0 aliphatic heterocycles. The van der Waals surface area contributed by atoms with Gasteiger partial charge in [-0.25, -0.2) is 13.6 Å². The first-order valence-electron chi connectivity index (χ1n) is 8.29. The van der Waals surface area contributed by atoms with Crippen LogP contribution >= 0.6 is 0 Å². The molecule has 0 radical (unpaired) electrons. The van der Waals surface area contributed by atoms with Crippen molar-refractivity contribution in [3.63, 3.8) is 0 Å². The molecule has 0 unspecified atom stereocenters. The Hall–Kier alpha value is -2.84. The van der Waals surface area contributed by atoms with Crippen molar-refractivity contribution in [2.75, 3.05) is 13.7 Å². The second kappa shape index (κ2) is 7.81.